The Balaban J connectivity index is 2.40. The number of halogens is 1. The lowest BCUT2D eigenvalue weighted by molar-refractivity contribution is -0.143. The Morgan fingerprint density at radius 1 is 0.676 bits per heavy atom. The number of hydrogen-bond donors (Lipinski definition) is 0. The highest BCUT2D eigenvalue weighted by atomic mass is 79.9. The Kier molecular flexibility index (Phi) is 20.8. The molecular weight excluding hydrogens is 484 g/mol. The summed E-state index contributed by atoms with van der Waals surface area (Å²) in [5, 5.41) is 1.08. The van der Waals surface area contributed by atoms with Gasteiger partial charge in [-0.25, -0.2) is 0 Å². The Bertz CT molecular complexity index is 613. The number of benzene rings is 1. The highest BCUT2D eigenvalue weighted by Gasteiger charge is 2.07. The van der Waals surface area contributed by atoms with Gasteiger partial charge in [0.15, 0.2) is 0 Å². The van der Waals surface area contributed by atoms with E-state index in [4.69, 9.17) is 4.74 Å². The Hall–Kier alpha value is -0.830. The molecule has 0 saturated heterocycles. The molecule has 0 unspecified atom stereocenters. The van der Waals surface area contributed by atoms with Gasteiger partial charge in [0.2, 0.25) is 0 Å². The van der Waals surface area contributed by atoms with E-state index < -0.39 is 0 Å². The topological polar surface area (TPSA) is 26.3 Å². The number of unbranched alkanes of at least 4 members (excludes halogenated alkanes) is 12. The first-order chi connectivity index (χ1) is 16.7. The number of esters is 1. The van der Waals surface area contributed by atoms with Gasteiger partial charge < -0.3 is 4.74 Å². The predicted octanol–water partition coefficient (Wildman–Crippen LogP) is 9.92. The van der Waals surface area contributed by atoms with Crippen molar-refractivity contribution < 1.29 is 9.53 Å². The lowest BCUT2D eigenvalue weighted by Gasteiger charge is -2.13. The van der Waals surface area contributed by atoms with Gasteiger partial charge in [0.25, 0.3) is 0 Å². The highest BCUT2D eigenvalue weighted by molar-refractivity contribution is 9.09. The van der Waals surface area contributed by atoms with Crippen LogP contribution in [0, 0.1) is 0 Å². The summed E-state index contributed by atoms with van der Waals surface area (Å²) in [7, 11) is 0. The number of rotatable bonds is 23. The van der Waals surface area contributed by atoms with Crippen molar-refractivity contribution >= 4 is 21.9 Å². The molecule has 0 aromatic heterocycles. The number of carbonyl (C=O) groups excluding carboxylic acids is 1. The summed E-state index contributed by atoms with van der Waals surface area (Å²) in [5.41, 5.74) is 4.54. The molecule has 0 aliphatic rings. The molecule has 34 heavy (non-hydrogen) atoms. The summed E-state index contributed by atoms with van der Waals surface area (Å²) in [6.45, 7) is 5.11. The number of ether oxygens (including phenoxy) is 1. The third-order valence-corrected chi connectivity index (χ3v) is 7.32. The number of aryl methyl sites for hydroxylation is 3. The number of carbonyl (C=O) groups is 1. The summed E-state index contributed by atoms with van der Waals surface area (Å²) < 4.78 is 5.49. The standard InChI is InChI=1S/C31H53BrO2/c1-3-5-7-10-14-20-29-24-23-28(27-30(29)21-15-11-8-6-4-2)19-18-26-34-31(33)22-16-12-9-13-17-25-32/h23-24,27H,3-22,25-26H2,1-2H3. The quantitative estimate of drug-likeness (QED) is 0.0789. The van der Waals surface area contributed by atoms with Gasteiger partial charge in [-0.1, -0.05) is 119 Å². The summed E-state index contributed by atoms with van der Waals surface area (Å²) >= 11 is 3.46. The minimum atomic E-state index is -0.0216. The van der Waals surface area contributed by atoms with Gasteiger partial charge in [-0.05, 0) is 68.1 Å². The van der Waals surface area contributed by atoms with Gasteiger partial charge in [-0.2, -0.15) is 0 Å². The summed E-state index contributed by atoms with van der Waals surface area (Å²) in [5.74, 6) is -0.0216. The van der Waals surface area contributed by atoms with Gasteiger partial charge in [0, 0.05) is 11.8 Å². The minimum absolute atomic E-state index is 0.0216. The van der Waals surface area contributed by atoms with Crippen molar-refractivity contribution in [2.75, 3.05) is 11.9 Å². The first-order valence-electron chi connectivity index (χ1n) is 14.5. The van der Waals surface area contributed by atoms with Crippen LogP contribution in [0.4, 0.5) is 0 Å². The van der Waals surface area contributed by atoms with Crippen LogP contribution < -0.4 is 0 Å². The van der Waals surface area contributed by atoms with Crippen LogP contribution >= 0.6 is 15.9 Å². The largest absolute Gasteiger partial charge is 0.466 e. The molecule has 0 heterocycles. The maximum Gasteiger partial charge on any atom is 0.305 e. The predicted molar refractivity (Wildman–Crippen MR) is 152 cm³/mol. The number of hydrogen-bond acceptors (Lipinski definition) is 2. The van der Waals surface area contributed by atoms with Crippen LogP contribution in [0.15, 0.2) is 18.2 Å². The van der Waals surface area contributed by atoms with Gasteiger partial charge in [-0.3, -0.25) is 4.79 Å². The molecule has 1 rings (SSSR count). The monoisotopic (exact) mass is 536 g/mol. The van der Waals surface area contributed by atoms with Gasteiger partial charge in [0.1, 0.15) is 0 Å². The molecule has 0 atom stereocenters. The average Bonchev–Trinajstić information content (AvgIpc) is 2.84. The minimum Gasteiger partial charge on any atom is -0.466 e. The van der Waals surface area contributed by atoms with Crippen LogP contribution in [0.2, 0.25) is 0 Å². The second kappa shape index (κ2) is 22.6. The fourth-order valence-corrected chi connectivity index (χ4v) is 4.97. The second-order valence-corrected chi connectivity index (χ2v) is 10.8. The van der Waals surface area contributed by atoms with E-state index in [0.717, 1.165) is 31.0 Å². The van der Waals surface area contributed by atoms with Crippen LogP contribution in [-0.4, -0.2) is 17.9 Å². The van der Waals surface area contributed by atoms with Crippen LogP contribution in [0.3, 0.4) is 0 Å². The number of alkyl halides is 1. The van der Waals surface area contributed by atoms with Crippen molar-refractivity contribution in [3.63, 3.8) is 0 Å². The molecule has 0 aliphatic heterocycles. The third kappa shape index (κ3) is 16.7. The Morgan fingerprint density at radius 3 is 1.94 bits per heavy atom. The van der Waals surface area contributed by atoms with E-state index in [1.807, 2.05) is 0 Å². The molecule has 0 saturated carbocycles. The van der Waals surface area contributed by atoms with Crippen LogP contribution in [-0.2, 0) is 28.8 Å². The maximum absolute atomic E-state index is 12.0. The molecule has 196 valence electrons. The molecule has 0 aliphatic carbocycles. The summed E-state index contributed by atoms with van der Waals surface area (Å²) in [6, 6.07) is 7.16. The Labute approximate surface area is 220 Å². The lowest BCUT2D eigenvalue weighted by atomic mass is 9.93. The SMILES string of the molecule is CCCCCCCc1ccc(CCCOC(=O)CCCCCCCBr)cc1CCCCCCC. The highest BCUT2D eigenvalue weighted by Crippen LogP contribution is 2.20. The zero-order chi connectivity index (χ0) is 24.7. The van der Waals surface area contributed by atoms with Crippen LogP contribution in [0.1, 0.15) is 140 Å². The molecule has 1 aromatic rings. The van der Waals surface area contributed by atoms with Crippen molar-refractivity contribution in [1.29, 1.82) is 0 Å². The zero-order valence-corrected chi connectivity index (χ0v) is 24.1. The zero-order valence-electron chi connectivity index (χ0n) is 22.5. The van der Waals surface area contributed by atoms with Crippen molar-refractivity contribution in [3.8, 4) is 0 Å². The van der Waals surface area contributed by atoms with E-state index in [1.54, 1.807) is 11.1 Å². The maximum atomic E-state index is 12.0. The van der Waals surface area contributed by atoms with E-state index in [9.17, 15) is 4.79 Å². The smallest absolute Gasteiger partial charge is 0.305 e. The molecule has 0 spiro atoms. The van der Waals surface area contributed by atoms with Crippen molar-refractivity contribution in [2.24, 2.45) is 0 Å². The van der Waals surface area contributed by atoms with E-state index in [2.05, 4.69) is 48.0 Å². The summed E-state index contributed by atoms with van der Waals surface area (Å²) in [4.78, 5) is 12.0. The van der Waals surface area contributed by atoms with E-state index >= 15 is 0 Å². The molecule has 1 aromatic carbocycles. The van der Waals surface area contributed by atoms with Crippen molar-refractivity contribution in [1.82, 2.24) is 0 Å². The van der Waals surface area contributed by atoms with Gasteiger partial charge in [-0.15, -0.1) is 0 Å². The third-order valence-electron chi connectivity index (χ3n) is 6.76. The molecule has 0 radical (unpaired) electrons. The van der Waals surface area contributed by atoms with Crippen molar-refractivity contribution in [2.45, 2.75) is 142 Å². The molecular formula is C31H53BrO2. The van der Waals surface area contributed by atoms with Crippen molar-refractivity contribution in [3.05, 3.63) is 34.9 Å². The van der Waals surface area contributed by atoms with E-state index in [0.29, 0.717) is 13.0 Å². The van der Waals surface area contributed by atoms with Gasteiger partial charge >= 0.3 is 5.97 Å². The molecule has 0 amide bonds. The van der Waals surface area contributed by atoms with Gasteiger partial charge in [0.05, 0.1) is 6.61 Å². The fourth-order valence-electron chi connectivity index (χ4n) is 4.58. The fraction of sp³-hybridized carbons (Fsp3) is 0.774. The first kappa shape index (κ1) is 31.2. The normalized spacial score (nSPS) is 11.1. The van der Waals surface area contributed by atoms with E-state index in [-0.39, 0.29) is 5.97 Å². The summed E-state index contributed by atoms with van der Waals surface area (Å²) in [6.07, 6.45) is 24.1. The van der Waals surface area contributed by atoms with Crippen LogP contribution in [0.5, 0.6) is 0 Å². The lowest BCUT2D eigenvalue weighted by Crippen LogP contribution is -2.06. The molecule has 0 bridgehead atoms. The van der Waals surface area contributed by atoms with Crippen LogP contribution in [0.25, 0.3) is 0 Å². The molecule has 0 N–H and O–H groups in total. The first-order valence-corrected chi connectivity index (χ1v) is 15.7. The average molecular weight is 538 g/mol. The van der Waals surface area contributed by atoms with E-state index in [1.165, 1.54) is 102 Å². The second-order valence-electron chi connectivity index (χ2n) is 9.96. The molecule has 0 fully saturated rings. The Morgan fingerprint density at radius 2 is 1.26 bits per heavy atom. The molecule has 3 heteroatoms. The molecule has 2 nitrogen and oxygen atoms in total.